The van der Waals surface area contributed by atoms with E-state index < -0.39 is 10.0 Å². The van der Waals surface area contributed by atoms with Gasteiger partial charge in [-0.1, -0.05) is 12.1 Å². The summed E-state index contributed by atoms with van der Waals surface area (Å²) in [6, 6.07) is 9.80. The lowest BCUT2D eigenvalue weighted by Crippen LogP contribution is -2.48. The van der Waals surface area contributed by atoms with Crippen molar-refractivity contribution in [3.05, 3.63) is 46.8 Å². The molecule has 1 aliphatic rings. The van der Waals surface area contributed by atoms with Crippen molar-refractivity contribution >= 4 is 38.4 Å². The third-order valence-corrected chi connectivity index (χ3v) is 7.12. The quantitative estimate of drug-likeness (QED) is 0.589. The fourth-order valence-corrected chi connectivity index (χ4v) is 5.09. The average Bonchev–Trinajstić information content (AvgIpc) is 3.11. The second-order valence-corrected chi connectivity index (χ2v) is 8.80. The van der Waals surface area contributed by atoms with Crippen LogP contribution in [0.25, 0.3) is 0 Å². The number of nitrogens with zero attached hydrogens (tertiary/aromatic N) is 2. The van der Waals surface area contributed by atoms with Gasteiger partial charge in [-0.15, -0.1) is 11.3 Å². The Morgan fingerprint density at radius 2 is 1.84 bits per heavy atom. The van der Waals surface area contributed by atoms with E-state index in [1.165, 1.54) is 34.7 Å². The van der Waals surface area contributed by atoms with E-state index >= 15 is 0 Å². The maximum Gasteiger partial charge on any atom is 0.243 e. The van der Waals surface area contributed by atoms with E-state index in [0.717, 1.165) is 11.3 Å². The van der Waals surface area contributed by atoms with E-state index in [1.54, 1.807) is 18.2 Å². The Labute approximate surface area is 150 Å². The van der Waals surface area contributed by atoms with Crippen LogP contribution in [-0.2, 0) is 10.0 Å². The molecule has 0 radical (unpaired) electrons. The standard InChI is InChI=1S/C17H18N2O4S2/c1-13(21)14-3-2-4-16(11-14)25(22,23)19-9-7-18(8-10-19)17-6-5-15(12-20)24-17/h2-6,11-12H,7-10H2,1H3. The van der Waals surface area contributed by atoms with Gasteiger partial charge in [-0.05, 0) is 31.2 Å². The number of hydrogen-bond donors (Lipinski definition) is 0. The van der Waals surface area contributed by atoms with E-state index in [-0.39, 0.29) is 10.7 Å². The molecule has 8 heteroatoms. The van der Waals surface area contributed by atoms with Crippen LogP contribution in [0.5, 0.6) is 0 Å². The number of anilines is 1. The van der Waals surface area contributed by atoms with E-state index in [1.807, 2.05) is 6.07 Å². The zero-order valence-corrected chi connectivity index (χ0v) is 15.3. The predicted octanol–water partition coefficient (Wildman–Crippen LogP) is 2.27. The molecule has 3 rings (SSSR count). The van der Waals surface area contributed by atoms with E-state index in [2.05, 4.69) is 4.90 Å². The van der Waals surface area contributed by atoms with E-state index in [9.17, 15) is 18.0 Å². The van der Waals surface area contributed by atoms with Gasteiger partial charge in [-0.2, -0.15) is 4.31 Å². The van der Waals surface area contributed by atoms with Gasteiger partial charge in [0.05, 0.1) is 14.8 Å². The molecule has 2 heterocycles. The number of piperazine rings is 1. The summed E-state index contributed by atoms with van der Waals surface area (Å²) in [7, 11) is -3.62. The summed E-state index contributed by atoms with van der Waals surface area (Å²) in [5.41, 5.74) is 0.389. The summed E-state index contributed by atoms with van der Waals surface area (Å²) in [4.78, 5) is 25.2. The molecule has 1 fully saturated rings. The number of carbonyl (C=O) groups excluding carboxylic acids is 2. The fraction of sp³-hybridized carbons (Fsp3) is 0.294. The maximum absolute atomic E-state index is 12.8. The van der Waals surface area contributed by atoms with Crippen molar-refractivity contribution in [1.29, 1.82) is 0 Å². The number of benzene rings is 1. The number of ketones is 1. The van der Waals surface area contributed by atoms with Gasteiger partial charge < -0.3 is 4.90 Å². The van der Waals surface area contributed by atoms with Crippen molar-refractivity contribution in [3.63, 3.8) is 0 Å². The Bertz CT molecular complexity index is 897. The molecule has 0 N–H and O–H groups in total. The lowest BCUT2D eigenvalue weighted by atomic mass is 10.2. The first-order valence-corrected chi connectivity index (χ1v) is 10.1. The number of Topliss-reactive ketones (excluding diaryl/α,β-unsaturated/α-hetero) is 1. The van der Waals surface area contributed by atoms with Gasteiger partial charge in [0, 0.05) is 31.7 Å². The van der Waals surface area contributed by atoms with Crippen molar-refractivity contribution in [2.75, 3.05) is 31.1 Å². The second kappa shape index (κ2) is 7.07. The normalized spacial score (nSPS) is 16.0. The first-order chi connectivity index (χ1) is 11.9. The number of hydrogen-bond acceptors (Lipinski definition) is 6. The molecule has 0 unspecified atom stereocenters. The van der Waals surface area contributed by atoms with Crippen LogP contribution < -0.4 is 4.90 Å². The second-order valence-electron chi connectivity index (χ2n) is 5.77. The maximum atomic E-state index is 12.8. The summed E-state index contributed by atoms with van der Waals surface area (Å²) < 4.78 is 27.1. The van der Waals surface area contributed by atoms with Crippen LogP contribution in [0.4, 0.5) is 5.00 Å². The van der Waals surface area contributed by atoms with Gasteiger partial charge in [0.25, 0.3) is 0 Å². The number of sulfonamides is 1. The smallest absolute Gasteiger partial charge is 0.243 e. The molecule has 0 atom stereocenters. The topological polar surface area (TPSA) is 74.8 Å². The van der Waals surface area contributed by atoms with Crippen molar-refractivity contribution in [1.82, 2.24) is 4.31 Å². The van der Waals surface area contributed by atoms with E-state index in [0.29, 0.717) is 36.6 Å². The lowest BCUT2D eigenvalue weighted by Gasteiger charge is -2.34. The first-order valence-electron chi connectivity index (χ1n) is 7.83. The highest BCUT2D eigenvalue weighted by atomic mass is 32.2. The Kier molecular flexibility index (Phi) is 5.03. The molecule has 1 aromatic heterocycles. The lowest BCUT2D eigenvalue weighted by molar-refractivity contribution is 0.101. The number of carbonyl (C=O) groups is 2. The summed E-state index contributed by atoms with van der Waals surface area (Å²) in [5, 5.41) is 0.970. The molecule has 1 saturated heterocycles. The monoisotopic (exact) mass is 378 g/mol. The molecule has 0 amide bonds. The molecule has 0 spiro atoms. The van der Waals surface area contributed by atoms with Crippen LogP contribution in [-0.4, -0.2) is 51.0 Å². The Hall–Kier alpha value is -2.03. The van der Waals surface area contributed by atoms with Gasteiger partial charge in [0.15, 0.2) is 12.1 Å². The van der Waals surface area contributed by atoms with Crippen molar-refractivity contribution in [3.8, 4) is 0 Å². The van der Waals surface area contributed by atoms with Crippen molar-refractivity contribution in [2.24, 2.45) is 0 Å². The SMILES string of the molecule is CC(=O)c1cccc(S(=O)(=O)N2CCN(c3ccc(C=O)s3)CC2)c1. The largest absolute Gasteiger partial charge is 0.361 e. The minimum absolute atomic E-state index is 0.146. The Morgan fingerprint density at radius 1 is 1.12 bits per heavy atom. The van der Waals surface area contributed by atoms with Gasteiger partial charge in [0.2, 0.25) is 10.0 Å². The Balaban J connectivity index is 1.74. The molecule has 2 aromatic rings. The average molecular weight is 378 g/mol. The number of rotatable bonds is 5. The molecule has 132 valence electrons. The fourth-order valence-electron chi connectivity index (χ4n) is 2.75. The van der Waals surface area contributed by atoms with Crippen molar-refractivity contribution in [2.45, 2.75) is 11.8 Å². The number of aldehydes is 1. The minimum Gasteiger partial charge on any atom is -0.361 e. The third-order valence-electron chi connectivity index (χ3n) is 4.16. The first kappa shape index (κ1) is 17.8. The van der Waals surface area contributed by atoms with E-state index in [4.69, 9.17) is 0 Å². The van der Waals surface area contributed by atoms with Crippen LogP contribution in [0.15, 0.2) is 41.3 Å². The molecular formula is C17H18N2O4S2. The highest BCUT2D eigenvalue weighted by molar-refractivity contribution is 7.89. The zero-order valence-electron chi connectivity index (χ0n) is 13.7. The summed E-state index contributed by atoms with van der Waals surface area (Å²) in [5.74, 6) is -0.162. The highest BCUT2D eigenvalue weighted by Gasteiger charge is 2.29. The van der Waals surface area contributed by atoms with Crippen LogP contribution in [0, 0.1) is 0 Å². The van der Waals surface area contributed by atoms with Gasteiger partial charge in [0.1, 0.15) is 0 Å². The van der Waals surface area contributed by atoms with Crippen LogP contribution in [0.3, 0.4) is 0 Å². The summed E-state index contributed by atoms with van der Waals surface area (Å²) in [6.45, 7) is 3.26. The minimum atomic E-state index is -3.62. The summed E-state index contributed by atoms with van der Waals surface area (Å²) >= 11 is 1.40. The van der Waals surface area contributed by atoms with Crippen LogP contribution in [0.1, 0.15) is 27.0 Å². The molecule has 0 bridgehead atoms. The third kappa shape index (κ3) is 3.65. The summed E-state index contributed by atoms with van der Waals surface area (Å²) in [6.07, 6.45) is 0.816. The van der Waals surface area contributed by atoms with Gasteiger partial charge >= 0.3 is 0 Å². The zero-order chi connectivity index (χ0) is 18.0. The molecule has 1 aromatic carbocycles. The van der Waals surface area contributed by atoms with Gasteiger partial charge in [-0.25, -0.2) is 8.42 Å². The van der Waals surface area contributed by atoms with Crippen molar-refractivity contribution < 1.29 is 18.0 Å². The predicted molar refractivity (Wildman–Crippen MR) is 97.1 cm³/mol. The van der Waals surface area contributed by atoms with Crippen LogP contribution in [0.2, 0.25) is 0 Å². The Morgan fingerprint density at radius 3 is 2.44 bits per heavy atom. The van der Waals surface area contributed by atoms with Gasteiger partial charge in [-0.3, -0.25) is 9.59 Å². The highest BCUT2D eigenvalue weighted by Crippen LogP contribution is 2.27. The molecule has 1 aliphatic heterocycles. The molecule has 0 saturated carbocycles. The molecular weight excluding hydrogens is 360 g/mol. The molecule has 25 heavy (non-hydrogen) atoms. The molecule has 0 aliphatic carbocycles. The molecule has 6 nitrogen and oxygen atoms in total. The van der Waals surface area contributed by atoms with Crippen LogP contribution >= 0.6 is 11.3 Å². The number of thiophene rings is 1.